The first-order valence-corrected chi connectivity index (χ1v) is 9.71. The molecule has 1 amide bonds. The maximum Gasteiger partial charge on any atom is 0.417 e. The number of hydrogen-bond acceptors (Lipinski definition) is 5. The minimum Gasteiger partial charge on any atom is -0.456 e. The number of aromatic nitrogens is 2. The third kappa shape index (κ3) is 5.44. The number of carbonyl (C=O) groups excluding carboxylic acids is 2. The van der Waals surface area contributed by atoms with Crippen LogP contribution in [0.5, 0.6) is 0 Å². The Balaban J connectivity index is 1.56. The first-order chi connectivity index (χ1) is 15.1. The van der Waals surface area contributed by atoms with Gasteiger partial charge in [0.1, 0.15) is 5.82 Å². The minimum atomic E-state index is -4.68. The number of ether oxygens (including phenoxy) is 1. The molecular formula is C21H17ClF3N3O4. The van der Waals surface area contributed by atoms with E-state index in [2.05, 4.69) is 10.3 Å². The van der Waals surface area contributed by atoms with Gasteiger partial charge in [-0.15, -0.1) is 0 Å². The van der Waals surface area contributed by atoms with Crippen LogP contribution in [0.25, 0.3) is 10.9 Å². The molecule has 0 radical (unpaired) electrons. The molecule has 0 saturated heterocycles. The van der Waals surface area contributed by atoms with Crippen LogP contribution in [-0.2, 0) is 34.0 Å². The number of anilines is 1. The summed E-state index contributed by atoms with van der Waals surface area (Å²) in [5.41, 5.74) is -0.986. The summed E-state index contributed by atoms with van der Waals surface area (Å²) in [7, 11) is 1.54. The van der Waals surface area contributed by atoms with Crippen LogP contribution >= 0.6 is 11.6 Å². The largest absolute Gasteiger partial charge is 0.456 e. The van der Waals surface area contributed by atoms with E-state index in [-0.39, 0.29) is 24.1 Å². The Kier molecular flexibility index (Phi) is 6.83. The lowest BCUT2D eigenvalue weighted by molar-refractivity contribution is -0.147. The van der Waals surface area contributed by atoms with Crippen LogP contribution in [0.1, 0.15) is 17.8 Å². The van der Waals surface area contributed by atoms with Gasteiger partial charge in [-0.25, -0.2) is 4.98 Å². The fraction of sp³-hybridized carbons (Fsp3) is 0.238. The number of nitrogens with one attached hydrogen (secondary N) is 1. The van der Waals surface area contributed by atoms with E-state index in [1.54, 1.807) is 24.3 Å². The molecule has 0 fully saturated rings. The lowest BCUT2D eigenvalue weighted by atomic mass is 10.2. The number of amides is 1. The SMILES string of the molecule is Cn1c(CCC(=O)OCC(=O)Nc2ccc(Cl)c(C(F)(F)F)c2)nc2ccccc2c1=O. The second-order valence-electron chi connectivity index (χ2n) is 6.81. The molecule has 0 aliphatic carbocycles. The number of alkyl halides is 3. The van der Waals surface area contributed by atoms with E-state index in [1.807, 2.05) is 0 Å². The fourth-order valence-corrected chi connectivity index (χ4v) is 3.16. The molecule has 0 aliphatic rings. The van der Waals surface area contributed by atoms with Gasteiger partial charge in [0, 0.05) is 19.2 Å². The van der Waals surface area contributed by atoms with E-state index in [1.165, 1.54) is 17.7 Å². The summed E-state index contributed by atoms with van der Waals surface area (Å²) < 4.78 is 44.9. The molecule has 7 nitrogen and oxygen atoms in total. The van der Waals surface area contributed by atoms with Crippen LogP contribution in [0.3, 0.4) is 0 Å². The third-order valence-electron chi connectivity index (χ3n) is 4.55. The molecule has 2 aromatic carbocycles. The zero-order valence-corrected chi connectivity index (χ0v) is 17.5. The average Bonchev–Trinajstić information content (AvgIpc) is 2.74. The predicted molar refractivity (Wildman–Crippen MR) is 111 cm³/mol. The molecule has 1 aromatic heterocycles. The number of esters is 1. The number of aryl methyl sites for hydroxylation is 1. The van der Waals surface area contributed by atoms with Crippen molar-refractivity contribution >= 4 is 40.1 Å². The van der Waals surface area contributed by atoms with Crippen molar-refractivity contribution in [2.75, 3.05) is 11.9 Å². The van der Waals surface area contributed by atoms with Gasteiger partial charge in [0.05, 0.1) is 27.9 Å². The molecule has 0 spiro atoms. The van der Waals surface area contributed by atoms with Gasteiger partial charge >= 0.3 is 12.1 Å². The Morgan fingerprint density at radius 3 is 2.62 bits per heavy atom. The summed E-state index contributed by atoms with van der Waals surface area (Å²) in [4.78, 5) is 40.6. The Hall–Kier alpha value is -3.40. The number of nitrogens with zero attached hydrogens (tertiary/aromatic N) is 2. The van der Waals surface area contributed by atoms with Crippen molar-refractivity contribution in [3.8, 4) is 0 Å². The molecule has 0 aliphatic heterocycles. The summed E-state index contributed by atoms with van der Waals surface area (Å²) >= 11 is 5.53. The summed E-state index contributed by atoms with van der Waals surface area (Å²) in [6.45, 7) is -0.688. The quantitative estimate of drug-likeness (QED) is 0.558. The molecule has 3 aromatic rings. The summed E-state index contributed by atoms with van der Waals surface area (Å²) in [5, 5.41) is 2.17. The van der Waals surface area contributed by atoms with Crippen LogP contribution in [0, 0.1) is 0 Å². The second-order valence-corrected chi connectivity index (χ2v) is 7.22. The van der Waals surface area contributed by atoms with E-state index >= 15 is 0 Å². The molecule has 168 valence electrons. The highest BCUT2D eigenvalue weighted by molar-refractivity contribution is 6.31. The number of carbonyl (C=O) groups is 2. The van der Waals surface area contributed by atoms with Crippen LogP contribution in [0.15, 0.2) is 47.3 Å². The number of halogens is 4. The van der Waals surface area contributed by atoms with Crippen molar-refractivity contribution in [1.29, 1.82) is 0 Å². The van der Waals surface area contributed by atoms with Crippen molar-refractivity contribution in [2.24, 2.45) is 7.05 Å². The van der Waals surface area contributed by atoms with Crippen LogP contribution in [0.2, 0.25) is 5.02 Å². The van der Waals surface area contributed by atoms with Crippen molar-refractivity contribution < 1.29 is 27.5 Å². The molecule has 32 heavy (non-hydrogen) atoms. The van der Waals surface area contributed by atoms with Gasteiger partial charge in [-0.05, 0) is 30.3 Å². The predicted octanol–water partition coefficient (Wildman–Crippen LogP) is 3.72. The smallest absolute Gasteiger partial charge is 0.417 e. The topological polar surface area (TPSA) is 90.3 Å². The number of hydrogen-bond donors (Lipinski definition) is 1. The first kappa shape index (κ1) is 23.3. The van der Waals surface area contributed by atoms with E-state index in [4.69, 9.17) is 16.3 Å². The second kappa shape index (κ2) is 9.39. The van der Waals surface area contributed by atoms with Gasteiger partial charge in [0.15, 0.2) is 6.61 Å². The lowest BCUT2D eigenvalue weighted by Gasteiger charge is -2.12. The molecule has 3 rings (SSSR count). The average molecular weight is 468 g/mol. The summed E-state index contributed by atoms with van der Waals surface area (Å²) in [6, 6.07) is 9.69. The van der Waals surface area contributed by atoms with Gasteiger partial charge in [0.2, 0.25) is 0 Å². The van der Waals surface area contributed by atoms with Crippen molar-refractivity contribution in [3.63, 3.8) is 0 Å². The Bertz CT molecular complexity index is 1240. The van der Waals surface area contributed by atoms with Crippen LogP contribution in [0.4, 0.5) is 18.9 Å². The zero-order chi connectivity index (χ0) is 23.5. The zero-order valence-electron chi connectivity index (χ0n) is 16.7. The number of rotatable bonds is 6. The highest BCUT2D eigenvalue weighted by Crippen LogP contribution is 2.36. The van der Waals surface area contributed by atoms with Crippen molar-refractivity contribution in [3.05, 3.63) is 69.2 Å². The molecular weight excluding hydrogens is 451 g/mol. The third-order valence-corrected chi connectivity index (χ3v) is 4.88. The number of fused-ring (bicyclic) bond motifs is 1. The number of para-hydroxylation sites is 1. The molecule has 1 N–H and O–H groups in total. The van der Waals surface area contributed by atoms with E-state index < -0.39 is 35.2 Å². The molecule has 0 bridgehead atoms. The molecule has 0 atom stereocenters. The number of benzene rings is 2. The maximum absolute atomic E-state index is 12.9. The van der Waals surface area contributed by atoms with Gasteiger partial charge < -0.3 is 10.1 Å². The molecule has 0 saturated carbocycles. The Morgan fingerprint density at radius 2 is 1.91 bits per heavy atom. The normalized spacial score (nSPS) is 11.4. The molecule has 1 heterocycles. The van der Waals surface area contributed by atoms with Crippen LogP contribution in [-0.4, -0.2) is 28.0 Å². The van der Waals surface area contributed by atoms with Crippen molar-refractivity contribution in [2.45, 2.75) is 19.0 Å². The summed E-state index contributed by atoms with van der Waals surface area (Å²) in [5.74, 6) is -1.17. The molecule has 0 unspecified atom stereocenters. The Morgan fingerprint density at radius 1 is 1.19 bits per heavy atom. The fourth-order valence-electron chi connectivity index (χ4n) is 2.94. The van der Waals surface area contributed by atoms with Crippen molar-refractivity contribution in [1.82, 2.24) is 9.55 Å². The maximum atomic E-state index is 12.9. The van der Waals surface area contributed by atoms with E-state index in [9.17, 15) is 27.6 Å². The van der Waals surface area contributed by atoms with Gasteiger partial charge in [-0.2, -0.15) is 13.2 Å². The highest BCUT2D eigenvalue weighted by Gasteiger charge is 2.33. The van der Waals surface area contributed by atoms with Gasteiger partial charge in [-0.3, -0.25) is 19.0 Å². The van der Waals surface area contributed by atoms with E-state index in [0.717, 1.165) is 6.07 Å². The standard InChI is InChI=1S/C21H17ClF3N3O4/c1-28-17(27-16-5-3-2-4-13(16)20(28)31)8-9-19(30)32-11-18(29)26-12-6-7-15(22)14(10-12)21(23,24)25/h2-7,10H,8-9,11H2,1H3,(H,26,29). The minimum absolute atomic E-state index is 0.100. The monoisotopic (exact) mass is 467 g/mol. The first-order valence-electron chi connectivity index (χ1n) is 9.33. The summed E-state index contributed by atoms with van der Waals surface area (Å²) in [6.07, 6.45) is -4.73. The molecule has 11 heteroatoms. The van der Waals surface area contributed by atoms with Gasteiger partial charge in [0.25, 0.3) is 11.5 Å². The van der Waals surface area contributed by atoms with Gasteiger partial charge in [-0.1, -0.05) is 23.7 Å². The highest BCUT2D eigenvalue weighted by atomic mass is 35.5. The van der Waals surface area contributed by atoms with Crippen LogP contribution < -0.4 is 10.9 Å². The Labute approximate surface area is 184 Å². The lowest BCUT2D eigenvalue weighted by Crippen LogP contribution is -2.24. The van der Waals surface area contributed by atoms with E-state index in [0.29, 0.717) is 22.8 Å².